The zero-order valence-electron chi connectivity index (χ0n) is 23.6. The Hall–Kier alpha value is -4.31. The maximum absolute atomic E-state index is 6.52. The van der Waals surface area contributed by atoms with Crippen LogP contribution in [0.2, 0.25) is 0 Å². The lowest BCUT2D eigenvalue weighted by Gasteiger charge is -2.16. The Morgan fingerprint density at radius 1 is 0.571 bits per heavy atom. The maximum Gasteiger partial charge on any atom is 0.120 e. The Labute approximate surface area is 254 Å². The minimum atomic E-state index is 0.0504. The van der Waals surface area contributed by atoms with Gasteiger partial charge in [0.1, 0.15) is 24.7 Å². The van der Waals surface area contributed by atoms with E-state index in [4.69, 9.17) is 25.8 Å². The summed E-state index contributed by atoms with van der Waals surface area (Å²) in [6.45, 7) is 2.09. The topological polar surface area (TPSA) is 27.7 Å². The van der Waals surface area contributed by atoms with Crippen molar-refractivity contribution in [2.45, 2.75) is 19.1 Å². The van der Waals surface area contributed by atoms with Gasteiger partial charge >= 0.3 is 0 Å². The van der Waals surface area contributed by atoms with Gasteiger partial charge in [-0.3, -0.25) is 0 Å². The Kier molecular flexibility index (Phi) is 10.9. The fourth-order valence-corrected chi connectivity index (χ4v) is 4.97. The Morgan fingerprint density at radius 3 is 1.88 bits per heavy atom. The van der Waals surface area contributed by atoms with Gasteiger partial charge in [-0.2, -0.15) is 0 Å². The quantitative estimate of drug-likeness (QED) is 0.0976. The monoisotopic (exact) mass is 574 g/mol. The highest BCUT2D eigenvalue weighted by Crippen LogP contribution is 2.32. The number of ether oxygens (including phenoxy) is 3. The predicted octanol–water partition coefficient (Wildman–Crippen LogP) is 9.32. The molecular weight excluding hydrogens is 540 g/mol. The van der Waals surface area contributed by atoms with E-state index in [-0.39, 0.29) is 5.92 Å². The van der Waals surface area contributed by atoms with E-state index in [0.29, 0.717) is 32.3 Å². The molecule has 42 heavy (non-hydrogen) atoms. The van der Waals surface area contributed by atoms with Crippen molar-refractivity contribution in [2.75, 3.05) is 19.1 Å². The van der Waals surface area contributed by atoms with Gasteiger partial charge in [-0.15, -0.1) is 11.6 Å². The first kappa shape index (κ1) is 29.2. The minimum Gasteiger partial charge on any atom is -0.491 e. The van der Waals surface area contributed by atoms with Crippen LogP contribution in [-0.4, -0.2) is 19.1 Å². The number of rotatable bonds is 14. The third-order valence-electron chi connectivity index (χ3n) is 6.93. The number of hydrogen-bond donors (Lipinski definition) is 0. The van der Waals surface area contributed by atoms with Gasteiger partial charge in [0.25, 0.3) is 0 Å². The van der Waals surface area contributed by atoms with Gasteiger partial charge in [-0.1, -0.05) is 121 Å². The molecule has 0 aromatic heterocycles. The fourth-order valence-electron chi connectivity index (χ4n) is 4.70. The fraction of sp³-hybridized carbons (Fsp3) is 0.158. The van der Waals surface area contributed by atoms with E-state index in [1.165, 1.54) is 5.56 Å². The van der Waals surface area contributed by atoms with Gasteiger partial charge in [0.05, 0.1) is 13.2 Å². The predicted molar refractivity (Wildman–Crippen MR) is 172 cm³/mol. The summed E-state index contributed by atoms with van der Waals surface area (Å²) in [6.07, 6.45) is 2.26. The van der Waals surface area contributed by atoms with Crippen molar-refractivity contribution in [3.63, 3.8) is 0 Å². The second-order valence-electron chi connectivity index (χ2n) is 9.96. The van der Waals surface area contributed by atoms with Crippen molar-refractivity contribution in [3.8, 4) is 11.5 Å². The van der Waals surface area contributed by atoms with Crippen molar-refractivity contribution in [3.05, 3.63) is 173 Å². The van der Waals surface area contributed by atoms with Gasteiger partial charge in [0.2, 0.25) is 0 Å². The molecule has 3 nitrogen and oxygen atoms in total. The second-order valence-corrected chi connectivity index (χ2v) is 10.3. The molecule has 1 unspecified atom stereocenters. The molecule has 0 saturated carbocycles. The molecule has 5 aromatic carbocycles. The molecule has 0 aliphatic carbocycles. The van der Waals surface area contributed by atoms with Crippen LogP contribution in [0, 0.1) is 0 Å². The highest BCUT2D eigenvalue weighted by Gasteiger charge is 2.13. The molecule has 5 aromatic rings. The summed E-state index contributed by atoms with van der Waals surface area (Å²) in [6, 6.07) is 47.2. The summed E-state index contributed by atoms with van der Waals surface area (Å²) in [7, 11) is 0. The first-order valence-electron chi connectivity index (χ1n) is 14.2. The van der Waals surface area contributed by atoms with Crippen LogP contribution in [0.25, 0.3) is 5.57 Å². The number of alkyl halides is 1. The number of benzene rings is 5. The van der Waals surface area contributed by atoms with Crippen molar-refractivity contribution < 1.29 is 14.2 Å². The molecule has 0 heterocycles. The normalized spacial score (nSPS) is 12.1. The Bertz CT molecular complexity index is 1520. The largest absolute Gasteiger partial charge is 0.491 e. The molecule has 1 atom stereocenters. The van der Waals surface area contributed by atoms with Gasteiger partial charge in [0, 0.05) is 11.8 Å². The molecule has 0 aliphatic rings. The van der Waals surface area contributed by atoms with Crippen LogP contribution in [0.1, 0.15) is 33.7 Å². The smallest absolute Gasteiger partial charge is 0.120 e. The number of halogens is 1. The van der Waals surface area contributed by atoms with E-state index in [2.05, 4.69) is 78.9 Å². The Morgan fingerprint density at radius 2 is 1.21 bits per heavy atom. The van der Waals surface area contributed by atoms with Crippen LogP contribution in [0.3, 0.4) is 0 Å². The summed E-state index contributed by atoms with van der Waals surface area (Å²) in [5.74, 6) is 2.15. The molecule has 0 N–H and O–H groups in total. The van der Waals surface area contributed by atoms with E-state index in [0.717, 1.165) is 39.3 Å². The molecule has 5 rings (SSSR count). The van der Waals surface area contributed by atoms with E-state index >= 15 is 0 Å². The molecule has 0 bridgehead atoms. The molecular formula is C38H35ClO3. The van der Waals surface area contributed by atoms with E-state index in [9.17, 15) is 0 Å². The first-order valence-corrected chi connectivity index (χ1v) is 14.8. The molecule has 4 heteroatoms. The highest BCUT2D eigenvalue weighted by molar-refractivity contribution is 6.18. The minimum absolute atomic E-state index is 0.0504. The van der Waals surface area contributed by atoms with Crippen LogP contribution in [-0.2, 0) is 18.0 Å². The molecule has 0 fully saturated rings. The average Bonchev–Trinajstić information content (AvgIpc) is 3.06. The summed E-state index contributed by atoms with van der Waals surface area (Å²) in [5, 5.41) is 0. The summed E-state index contributed by atoms with van der Waals surface area (Å²) in [5.41, 5.74) is 6.69. The Balaban J connectivity index is 1.32. The molecule has 0 spiro atoms. The zero-order valence-corrected chi connectivity index (χ0v) is 24.3. The van der Waals surface area contributed by atoms with Crippen LogP contribution in [0.15, 0.2) is 146 Å². The average molecular weight is 575 g/mol. The zero-order chi connectivity index (χ0) is 28.8. The molecule has 0 saturated heterocycles. The maximum atomic E-state index is 6.52. The SMILES string of the molecule is ClCC(C=C(c1ccc(OCCOCc2ccccc2)cc1)c1cccc(OCc2ccccc2)c1)c1ccccc1. The van der Waals surface area contributed by atoms with Crippen LogP contribution < -0.4 is 9.47 Å². The third-order valence-corrected chi connectivity index (χ3v) is 7.26. The highest BCUT2D eigenvalue weighted by atomic mass is 35.5. The van der Waals surface area contributed by atoms with Crippen molar-refractivity contribution in [1.82, 2.24) is 0 Å². The van der Waals surface area contributed by atoms with E-state index < -0.39 is 0 Å². The summed E-state index contributed by atoms with van der Waals surface area (Å²) >= 11 is 6.52. The third kappa shape index (κ3) is 8.59. The van der Waals surface area contributed by atoms with E-state index in [1.807, 2.05) is 66.7 Å². The summed E-state index contributed by atoms with van der Waals surface area (Å²) in [4.78, 5) is 0. The van der Waals surface area contributed by atoms with Gasteiger partial charge < -0.3 is 14.2 Å². The molecule has 0 radical (unpaired) electrons. The van der Waals surface area contributed by atoms with Gasteiger partial charge in [-0.25, -0.2) is 0 Å². The lowest BCUT2D eigenvalue weighted by atomic mass is 9.91. The summed E-state index contributed by atoms with van der Waals surface area (Å²) < 4.78 is 17.9. The first-order chi connectivity index (χ1) is 20.8. The van der Waals surface area contributed by atoms with Crippen LogP contribution >= 0.6 is 11.6 Å². The van der Waals surface area contributed by atoms with Gasteiger partial charge in [-0.05, 0) is 57.7 Å². The lowest BCUT2D eigenvalue weighted by Crippen LogP contribution is -2.06. The van der Waals surface area contributed by atoms with Gasteiger partial charge in [0.15, 0.2) is 0 Å². The molecule has 0 aliphatic heterocycles. The van der Waals surface area contributed by atoms with Crippen LogP contribution in [0.5, 0.6) is 11.5 Å². The number of hydrogen-bond acceptors (Lipinski definition) is 3. The van der Waals surface area contributed by atoms with Crippen molar-refractivity contribution >= 4 is 17.2 Å². The van der Waals surface area contributed by atoms with Crippen molar-refractivity contribution in [2.24, 2.45) is 0 Å². The molecule has 212 valence electrons. The van der Waals surface area contributed by atoms with Crippen molar-refractivity contribution in [1.29, 1.82) is 0 Å². The van der Waals surface area contributed by atoms with Crippen LogP contribution in [0.4, 0.5) is 0 Å². The standard InChI is InChI=1S/C38H35ClO3/c39-27-35(32-15-8-3-9-16-32)26-38(34-17-10-18-37(25-34)42-29-31-13-6-2-7-14-31)33-19-21-36(22-20-33)41-24-23-40-28-30-11-4-1-5-12-30/h1-22,25-26,35H,23-24,27-29H2. The second kappa shape index (κ2) is 15.6. The van der Waals surface area contributed by atoms with E-state index in [1.54, 1.807) is 0 Å². The molecule has 0 amide bonds. The number of allylic oxidation sites excluding steroid dienone is 1. The lowest BCUT2D eigenvalue weighted by molar-refractivity contribution is 0.0889.